The number of benzene rings is 2. The highest BCUT2D eigenvalue weighted by Gasteiger charge is 2.03. The summed E-state index contributed by atoms with van der Waals surface area (Å²) in [7, 11) is 0. The van der Waals surface area contributed by atoms with Gasteiger partial charge in [0.05, 0.1) is 17.1 Å². The van der Waals surface area contributed by atoms with Crippen LogP contribution in [0.3, 0.4) is 0 Å². The second-order valence-electron chi connectivity index (χ2n) is 7.35. The molecule has 0 saturated heterocycles. The molecule has 32 heavy (non-hydrogen) atoms. The van der Waals surface area contributed by atoms with Crippen LogP contribution in [0.25, 0.3) is 35.2 Å². The SMILES string of the molecule is C(=C\c1c[nH]c2ccccc12)/c1cc(/C=C/c2ccccc2OCc2ccccn2)[nH]n1. The molecule has 156 valence electrons. The summed E-state index contributed by atoms with van der Waals surface area (Å²) in [6, 6.07) is 24.0. The Hall–Kier alpha value is -4.38. The van der Waals surface area contributed by atoms with E-state index < -0.39 is 0 Å². The topological polar surface area (TPSA) is 66.6 Å². The molecule has 5 aromatic rings. The number of H-pyrrole nitrogens is 2. The number of para-hydroxylation sites is 2. The van der Waals surface area contributed by atoms with Crippen LogP contribution in [0.15, 0.2) is 85.2 Å². The van der Waals surface area contributed by atoms with Crippen LogP contribution in [-0.4, -0.2) is 20.2 Å². The van der Waals surface area contributed by atoms with Crippen LogP contribution < -0.4 is 4.74 Å². The maximum atomic E-state index is 5.98. The lowest BCUT2D eigenvalue weighted by Crippen LogP contribution is -1.98. The van der Waals surface area contributed by atoms with E-state index in [9.17, 15) is 0 Å². The normalized spacial score (nSPS) is 11.6. The van der Waals surface area contributed by atoms with E-state index in [4.69, 9.17) is 4.74 Å². The number of pyridine rings is 1. The van der Waals surface area contributed by atoms with Gasteiger partial charge in [-0.3, -0.25) is 10.1 Å². The van der Waals surface area contributed by atoms with Gasteiger partial charge in [-0.05, 0) is 54.1 Å². The largest absolute Gasteiger partial charge is 0.487 e. The number of hydrogen-bond acceptors (Lipinski definition) is 3. The van der Waals surface area contributed by atoms with Crippen molar-refractivity contribution in [3.05, 3.63) is 113 Å². The van der Waals surface area contributed by atoms with Gasteiger partial charge in [0.25, 0.3) is 0 Å². The molecule has 0 atom stereocenters. The monoisotopic (exact) mass is 418 g/mol. The van der Waals surface area contributed by atoms with E-state index in [-0.39, 0.29) is 0 Å². The third-order valence-electron chi connectivity index (χ3n) is 5.14. The van der Waals surface area contributed by atoms with E-state index in [1.54, 1.807) is 6.20 Å². The maximum absolute atomic E-state index is 5.98. The molecule has 0 aliphatic carbocycles. The minimum absolute atomic E-state index is 0.429. The van der Waals surface area contributed by atoms with Crippen LogP contribution in [0.2, 0.25) is 0 Å². The van der Waals surface area contributed by atoms with Gasteiger partial charge in [0.2, 0.25) is 0 Å². The van der Waals surface area contributed by atoms with Gasteiger partial charge < -0.3 is 9.72 Å². The number of nitrogens with one attached hydrogen (secondary N) is 2. The zero-order valence-electron chi connectivity index (χ0n) is 17.4. The highest BCUT2D eigenvalue weighted by molar-refractivity contribution is 5.91. The van der Waals surface area contributed by atoms with Crippen molar-refractivity contribution in [2.45, 2.75) is 6.61 Å². The minimum atomic E-state index is 0.429. The average molecular weight is 419 g/mol. The molecule has 5 heteroatoms. The standard InChI is InChI=1S/C27H22N4O/c1-4-11-27(32-19-24-8-5-6-16-28-24)20(7-1)12-14-22-17-23(31-30-22)15-13-21-18-29-26-10-3-2-9-25(21)26/h1-18,29H,19H2,(H,30,31)/b14-12+,15-13+. The first-order valence-corrected chi connectivity index (χ1v) is 10.4. The number of fused-ring (bicyclic) bond motifs is 1. The van der Waals surface area contributed by atoms with Crippen LogP contribution in [-0.2, 0) is 6.61 Å². The van der Waals surface area contributed by atoms with Crippen LogP contribution >= 0.6 is 0 Å². The third-order valence-corrected chi connectivity index (χ3v) is 5.14. The summed E-state index contributed by atoms with van der Waals surface area (Å²) in [6.07, 6.45) is 11.9. The molecule has 0 saturated carbocycles. The van der Waals surface area contributed by atoms with Crippen molar-refractivity contribution in [1.29, 1.82) is 0 Å². The van der Waals surface area contributed by atoms with E-state index in [0.717, 1.165) is 39.5 Å². The van der Waals surface area contributed by atoms with Gasteiger partial charge in [-0.2, -0.15) is 5.10 Å². The fraction of sp³-hybridized carbons (Fsp3) is 0.0370. The lowest BCUT2D eigenvalue weighted by molar-refractivity contribution is 0.300. The summed E-state index contributed by atoms with van der Waals surface area (Å²) >= 11 is 0. The summed E-state index contributed by atoms with van der Waals surface area (Å²) < 4.78 is 5.98. The van der Waals surface area contributed by atoms with E-state index >= 15 is 0 Å². The van der Waals surface area contributed by atoms with Crippen molar-refractivity contribution < 1.29 is 4.74 Å². The van der Waals surface area contributed by atoms with E-state index in [1.165, 1.54) is 5.39 Å². The fourth-order valence-electron chi connectivity index (χ4n) is 3.50. The predicted molar refractivity (Wildman–Crippen MR) is 130 cm³/mol. The van der Waals surface area contributed by atoms with Gasteiger partial charge in [-0.15, -0.1) is 0 Å². The smallest absolute Gasteiger partial charge is 0.130 e. The molecule has 3 heterocycles. The summed E-state index contributed by atoms with van der Waals surface area (Å²) in [6.45, 7) is 0.429. The molecule has 0 spiro atoms. The van der Waals surface area contributed by atoms with Gasteiger partial charge in [0.15, 0.2) is 0 Å². The van der Waals surface area contributed by atoms with Gasteiger partial charge >= 0.3 is 0 Å². The summed E-state index contributed by atoms with van der Waals surface area (Å²) in [5.74, 6) is 0.813. The Balaban J connectivity index is 1.28. The Morgan fingerprint density at radius 2 is 1.66 bits per heavy atom. The Labute approximate surface area is 186 Å². The molecule has 0 aliphatic heterocycles. The van der Waals surface area contributed by atoms with Crippen molar-refractivity contribution in [2.24, 2.45) is 0 Å². The van der Waals surface area contributed by atoms with Gasteiger partial charge in [0, 0.05) is 28.9 Å². The molecule has 0 aliphatic rings. The number of hydrogen-bond donors (Lipinski definition) is 2. The maximum Gasteiger partial charge on any atom is 0.130 e. The first-order chi connectivity index (χ1) is 15.8. The van der Waals surface area contributed by atoms with Crippen molar-refractivity contribution in [3.63, 3.8) is 0 Å². The average Bonchev–Trinajstić information content (AvgIpc) is 3.48. The second kappa shape index (κ2) is 9.18. The van der Waals surface area contributed by atoms with Crippen molar-refractivity contribution in [2.75, 3.05) is 0 Å². The zero-order chi connectivity index (χ0) is 21.6. The first-order valence-electron chi connectivity index (χ1n) is 10.4. The number of rotatable bonds is 7. The van der Waals surface area contributed by atoms with Crippen LogP contribution in [0.5, 0.6) is 5.75 Å². The molecule has 3 aromatic heterocycles. The molecule has 0 radical (unpaired) electrons. The van der Waals surface area contributed by atoms with Gasteiger partial charge in [-0.1, -0.05) is 48.5 Å². The lowest BCUT2D eigenvalue weighted by Gasteiger charge is -2.08. The van der Waals surface area contributed by atoms with E-state index in [0.29, 0.717) is 6.61 Å². The van der Waals surface area contributed by atoms with Gasteiger partial charge in [-0.25, -0.2) is 0 Å². The lowest BCUT2D eigenvalue weighted by atomic mass is 10.1. The number of nitrogens with zero attached hydrogens (tertiary/aromatic N) is 2. The first kappa shape index (κ1) is 19.6. The Bertz CT molecular complexity index is 1380. The van der Waals surface area contributed by atoms with Gasteiger partial charge in [0.1, 0.15) is 12.4 Å². The molecule has 0 fully saturated rings. The molecule has 5 rings (SSSR count). The Morgan fingerprint density at radius 1 is 0.812 bits per heavy atom. The highest BCUT2D eigenvalue weighted by atomic mass is 16.5. The molecule has 0 unspecified atom stereocenters. The molecular weight excluding hydrogens is 396 g/mol. The second-order valence-corrected chi connectivity index (χ2v) is 7.35. The molecule has 0 amide bonds. The Morgan fingerprint density at radius 3 is 2.59 bits per heavy atom. The summed E-state index contributed by atoms with van der Waals surface area (Å²) in [5.41, 5.74) is 5.94. The van der Waals surface area contributed by atoms with Crippen LogP contribution in [0.1, 0.15) is 28.2 Å². The molecule has 2 aromatic carbocycles. The predicted octanol–water partition coefficient (Wildman–Crippen LogP) is 6.21. The van der Waals surface area contributed by atoms with E-state index in [2.05, 4.69) is 38.4 Å². The Kier molecular flexibility index (Phi) is 5.62. The summed E-state index contributed by atoms with van der Waals surface area (Å²) in [5, 5.41) is 8.66. The number of aromatic nitrogens is 4. The van der Waals surface area contributed by atoms with E-state index in [1.807, 2.05) is 85.1 Å². The zero-order valence-corrected chi connectivity index (χ0v) is 17.4. The van der Waals surface area contributed by atoms with Crippen molar-refractivity contribution >= 4 is 35.2 Å². The van der Waals surface area contributed by atoms with Crippen LogP contribution in [0.4, 0.5) is 0 Å². The van der Waals surface area contributed by atoms with Crippen LogP contribution in [0, 0.1) is 0 Å². The highest BCUT2D eigenvalue weighted by Crippen LogP contribution is 2.22. The number of aromatic amines is 2. The fourth-order valence-corrected chi connectivity index (χ4v) is 3.50. The molecule has 2 N–H and O–H groups in total. The molecule has 0 bridgehead atoms. The van der Waals surface area contributed by atoms with Crippen molar-refractivity contribution in [3.8, 4) is 5.75 Å². The van der Waals surface area contributed by atoms with Crippen molar-refractivity contribution in [1.82, 2.24) is 20.2 Å². The quantitative estimate of drug-likeness (QED) is 0.330. The minimum Gasteiger partial charge on any atom is -0.487 e. The molecular formula is C27H22N4O. The summed E-state index contributed by atoms with van der Waals surface area (Å²) in [4.78, 5) is 7.60. The third kappa shape index (κ3) is 4.52. The number of ether oxygens (including phenoxy) is 1. The molecule has 5 nitrogen and oxygen atoms in total.